The van der Waals surface area contributed by atoms with Crippen molar-refractivity contribution in [2.24, 2.45) is 0 Å². The smallest absolute Gasteiger partial charge is 0.248 e. The molecule has 6 heteroatoms. The second-order valence-electron chi connectivity index (χ2n) is 4.67. The number of hydrogen-bond acceptors (Lipinski definition) is 4. The standard InChI is InChI=1S/C15H14BrN5/c1-11(12-7-9-13(16)10-8-12)17-15-18-19-20-21(15)14-5-3-2-4-6-14/h2-11H,1H3,(H,17,18,20)/t11-/m0/s1. The average molecular weight is 344 g/mol. The number of rotatable bonds is 4. The average Bonchev–Trinajstić information content (AvgIpc) is 2.97. The number of aromatic nitrogens is 4. The number of para-hydroxylation sites is 1. The molecule has 3 rings (SSSR count). The van der Waals surface area contributed by atoms with Gasteiger partial charge in [0.15, 0.2) is 0 Å². The van der Waals surface area contributed by atoms with E-state index in [0.717, 1.165) is 10.2 Å². The minimum atomic E-state index is 0.103. The van der Waals surface area contributed by atoms with Gasteiger partial charge in [0.05, 0.1) is 11.7 Å². The van der Waals surface area contributed by atoms with Gasteiger partial charge in [0, 0.05) is 4.47 Å². The molecule has 1 aromatic heterocycles. The first-order valence-electron chi connectivity index (χ1n) is 6.60. The summed E-state index contributed by atoms with van der Waals surface area (Å²) in [7, 11) is 0. The van der Waals surface area contributed by atoms with E-state index in [1.54, 1.807) is 4.68 Å². The molecule has 0 radical (unpaired) electrons. The molecule has 0 amide bonds. The van der Waals surface area contributed by atoms with Gasteiger partial charge in [-0.05, 0) is 47.2 Å². The molecule has 0 bridgehead atoms. The molecule has 0 aliphatic heterocycles. The number of hydrogen-bond donors (Lipinski definition) is 1. The van der Waals surface area contributed by atoms with E-state index in [1.807, 2.05) is 42.5 Å². The number of anilines is 1. The van der Waals surface area contributed by atoms with Crippen molar-refractivity contribution in [1.82, 2.24) is 20.2 Å². The van der Waals surface area contributed by atoms with E-state index in [9.17, 15) is 0 Å². The fourth-order valence-electron chi connectivity index (χ4n) is 2.05. The Balaban J connectivity index is 1.83. The Morgan fingerprint density at radius 2 is 1.76 bits per heavy atom. The van der Waals surface area contributed by atoms with Crippen molar-refractivity contribution in [3.63, 3.8) is 0 Å². The van der Waals surface area contributed by atoms with Crippen molar-refractivity contribution in [1.29, 1.82) is 0 Å². The summed E-state index contributed by atoms with van der Waals surface area (Å²) >= 11 is 3.44. The summed E-state index contributed by atoms with van der Waals surface area (Å²) in [5.74, 6) is 0.622. The van der Waals surface area contributed by atoms with E-state index in [0.29, 0.717) is 5.95 Å². The molecular formula is C15H14BrN5. The molecule has 0 aliphatic carbocycles. The van der Waals surface area contributed by atoms with Crippen molar-refractivity contribution in [2.45, 2.75) is 13.0 Å². The third kappa shape index (κ3) is 3.11. The van der Waals surface area contributed by atoms with Gasteiger partial charge in [0.25, 0.3) is 0 Å². The van der Waals surface area contributed by atoms with Crippen LogP contribution in [0.15, 0.2) is 59.1 Å². The molecule has 1 atom stereocenters. The van der Waals surface area contributed by atoms with E-state index in [-0.39, 0.29) is 6.04 Å². The van der Waals surface area contributed by atoms with Crippen LogP contribution in [0, 0.1) is 0 Å². The van der Waals surface area contributed by atoms with Gasteiger partial charge in [-0.15, -0.1) is 0 Å². The highest BCUT2D eigenvalue weighted by Gasteiger charge is 2.12. The van der Waals surface area contributed by atoms with Crippen molar-refractivity contribution in [3.05, 3.63) is 64.6 Å². The topological polar surface area (TPSA) is 55.6 Å². The van der Waals surface area contributed by atoms with Gasteiger partial charge < -0.3 is 5.32 Å². The largest absolute Gasteiger partial charge is 0.346 e. The zero-order valence-corrected chi connectivity index (χ0v) is 13.0. The minimum absolute atomic E-state index is 0.103. The summed E-state index contributed by atoms with van der Waals surface area (Å²) in [6, 6.07) is 18.1. The molecule has 0 fully saturated rings. The van der Waals surface area contributed by atoms with Gasteiger partial charge in [-0.1, -0.05) is 51.4 Å². The first-order chi connectivity index (χ1) is 10.2. The SMILES string of the molecule is C[C@H](Nc1nnnn1-c1ccccc1)c1ccc(Br)cc1. The van der Waals surface area contributed by atoms with Crippen LogP contribution >= 0.6 is 15.9 Å². The Labute approximate surface area is 131 Å². The highest BCUT2D eigenvalue weighted by Crippen LogP contribution is 2.21. The van der Waals surface area contributed by atoms with Gasteiger partial charge in [-0.2, -0.15) is 4.68 Å². The summed E-state index contributed by atoms with van der Waals surface area (Å²) < 4.78 is 2.75. The Morgan fingerprint density at radius 1 is 1.05 bits per heavy atom. The van der Waals surface area contributed by atoms with Gasteiger partial charge >= 0.3 is 0 Å². The van der Waals surface area contributed by atoms with Crippen LogP contribution in [0.2, 0.25) is 0 Å². The van der Waals surface area contributed by atoms with E-state index < -0.39 is 0 Å². The normalized spacial score (nSPS) is 12.1. The fraction of sp³-hybridized carbons (Fsp3) is 0.133. The molecule has 3 aromatic rings. The minimum Gasteiger partial charge on any atom is -0.346 e. The monoisotopic (exact) mass is 343 g/mol. The summed E-state index contributed by atoms with van der Waals surface area (Å²) in [6.45, 7) is 2.08. The molecule has 2 aromatic carbocycles. The van der Waals surface area contributed by atoms with Gasteiger partial charge in [-0.25, -0.2) is 0 Å². The first-order valence-corrected chi connectivity index (χ1v) is 7.39. The Hall–Kier alpha value is -2.21. The van der Waals surface area contributed by atoms with Crippen LogP contribution in [0.1, 0.15) is 18.5 Å². The number of halogens is 1. The third-order valence-corrected chi connectivity index (χ3v) is 3.71. The van der Waals surface area contributed by atoms with E-state index in [4.69, 9.17) is 0 Å². The van der Waals surface area contributed by atoms with Crippen molar-refractivity contribution >= 4 is 21.9 Å². The Kier molecular flexibility index (Phi) is 3.96. The van der Waals surface area contributed by atoms with Crippen LogP contribution < -0.4 is 5.32 Å². The Morgan fingerprint density at radius 3 is 2.48 bits per heavy atom. The van der Waals surface area contributed by atoms with Crippen LogP contribution in [-0.4, -0.2) is 20.2 Å². The predicted octanol–water partition coefficient (Wildman–Crippen LogP) is 3.60. The van der Waals surface area contributed by atoms with Gasteiger partial charge in [0.1, 0.15) is 0 Å². The van der Waals surface area contributed by atoms with Crippen LogP contribution in [-0.2, 0) is 0 Å². The van der Waals surface area contributed by atoms with Gasteiger partial charge in [0.2, 0.25) is 5.95 Å². The van der Waals surface area contributed by atoms with Crippen molar-refractivity contribution in [2.75, 3.05) is 5.32 Å². The molecule has 1 heterocycles. The first kappa shape index (κ1) is 13.8. The lowest BCUT2D eigenvalue weighted by Crippen LogP contribution is -2.11. The summed E-state index contributed by atoms with van der Waals surface area (Å²) in [5.41, 5.74) is 2.09. The molecule has 106 valence electrons. The highest BCUT2D eigenvalue weighted by atomic mass is 79.9. The lowest BCUT2D eigenvalue weighted by molar-refractivity contribution is 0.780. The van der Waals surface area contributed by atoms with Crippen molar-refractivity contribution in [3.8, 4) is 5.69 Å². The Bertz CT molecular complexity index is 708. The van der Waals surface area contributed by atoms with Crippen LogP contribution in [0.3, 0.4) is 0 Å². The molecule has 1 N–H and O–H groups in total. The van der Waals surface area contributed by atoms with E-state index in [1.165, 1.54) is 5.56 Å². The molecule has 0 spiro atoms. The number of nitrogens with zero attached hydrogens (tertiary/aromatic N) is 4. The lowest BCUT2D eigenvalue weighted by atomic mass is 10.1. The second kappa shape index (κ2) is 6.05. The molecule has 0 saturated carbocycles. The summed E-state index contributed by atoms with van der Waals surface area (Å²) in [4.78, 5) is 0. The number of nitrogens with one attached hydrogen (secondary N) is 1. The predicted molar refractivity (Wildman–Crippen MR) is 85.3 cm³/mol. The maximum Gasteiger partial charge on any atom is 0.248 e. The highest BCUT2D eigenvalue weighted by molar-refractivity contribution is 9.10. The van der Waals surface area contributed by atoms with Crippen molar-refractivity contribution < 1.29 is 0 Å². The van der Waals surface area contributed by atoms with Crippen LogP contribution in [0.4, 0.5) is 5.95 Å². The number of tetrazole rings is 1. The molecule has 0 aliphatic rings. The second-order valence-corrected chi connectivity index (χ2v) is 5.58. The fourth-order valence-corrected chi connectivity index (χ4v) is 2.31. The zero-order valence-electron chi connectivity index (χ0n) is 11.4. The summed E-state index contributed by atoms with van der Waals surface area (Å²) in [6.07, 6.45) is 0. The molecular weight excluding hydrogens is 330 g/mol. The van der Waals surface area contributed by atoms with Crippen LogP contribution in [0.5, 0.6) is 0 Å². The zero-order chi connectivity index (χ0) is 14.7. The molecule has 0 saturated heterocycles. The number of benzene rings is 2. The molecule has 5 nitrogen and oxygen atoms in total. The van der Waals surface area contributed by atoms with Gasteiger partial charge in [-0.3, -0.25) is 0 Å². The van der Waals surface area contributed by atoms with E-state index >= 15 is 0 Å². The molecule has 21 heavy (non-hydrogen) atoms. The lowest BCUT2D eigenvalue weighted by Gasteiger charge is -2.14. The summed E-state index contributed by atoms with van der Waals surface area (Å²) in [5, 5.41) is 15.2. The molecule has 0 unspecified atom stereocenters. The third-order valence-electron chi connectivity index (χ3n) is 3.19. The van der Waals surface area contributed by atoms with Crippen LogP contribution in [0.25, 0.3) is 5.69 Å². The maximum atomic E-state index is 4.06. The maximum absolute atomic E-state index is 4.06. The van der Waals surface area contributed by atoms with E-state index in [2.05, 4.69) is 55.8 Å². The quantitative estimate of drug-likeness (QED) is 0.786.